The molecule has 0 saturated heterocycles. The van der Waals surface area contributed by atoms with Gasteiger partial charge >= 0.3 is 0 Å². The summed E-state index contributed by atoms with van der Waals surface area (Å²) in [5.41, 5.74) is 0.229. The summed E-state index contributed by atoms with van der Waals surface area (Å²) >= 11 is 0. The quantitative estimate of drug-likeness (QED) is 0.700. The standard InChI is InChI=1S/C19H39NO/c1-8-9-16(4)21-19(14-20-18(5,6)7)12-10-17(11-13-19)15(2)3/h15-17,20H,8-14H2,1-7H3. The molecule has 0 aromatic carbocycles. The second-order valence-electron chi connectivity index (χ2n) is 8.59. The molecule has 2 nitrogen and oxygen atoms in total. The molecule has 0 aromatic rings. The highest BCUT2D eigenvalue weighted by atomic mass is 16.5. The van der Waals surface area contributed by atoms with Gasteiger partial charge in [-0.2, -0.15) is 0 Å². The van der Waals surface area contributed by atoms with Crippen LogP contribution in [0.3, 0.4) is 0 Å². The van der Waals surface area contributed by atoms with Crippen LogP contribution in [0.4, 0.5) is 0 Å². The van der Waals surface area contributed by atoms with Crippen molar-refractivity contribution in [1.82, 2.24) is 5.32 Å². The maximum absolute atomic E-state index is 6.58. The van der Waals surface area contributed by atoms with Gasteiger partial charge in [-0.15, -0.1) is 0 Å². The topological polar surface area (TPSA) is 21.3 Å². The van der Waals surface area contributed by atoms with Crippen LogP contribution in [0.15, 0.2) is 0 Å². The van der Waals surface area contributed by atoms with Crippen LogP contribution in [-0.2, 0) is 4.74 Å². The van der Waals surface area contributed by atoms with Gasteiger partial charge in [0.1, 0.15) is 0 Å². The van der Waals surface area contributed by atoms with Crippen LogP contribution in [-0.4, -0.2) is 23.8 Å². The van der Waals surface area contributed by atoms with E-state index in [2.05, 4.69) is 53.8 Å². The molecular weight excluding hydrogens is 258 g/mol. The van der Waals surface area contributed by atoms with Crippen LogP contribution in [0, 0.1) is 11.8 Å². The van der Waals surface area contributed by atoms with E-state index >= 15 is 0 Å². The molecule has 1 aliphatic rings. The van der Waals surface area contributed by atoms with Crippen molar-refractivity contribution in [3.05, 3.63) is 0 Å². The lowest BCUT2D eigenvalue weighted by Crippen LogP contribution is -2.52. The second kappa shape index (κ2) is 7.97. The molecule has 1 aliphatic carbocycles. The molecule has 1 N–H and O–H groups in total. The zero-order chi connectivity index (χ0) is 16.1. The predicted molar refractivity (Wildman–Crippen MR) is 92.7 cm³/mol. The lowest BCUT2D eigenvalue weighted by molar-refractivity contribution is -0.118. The van der Waals surface area contributed by atoms with Crippen LogP contribution in [0.5, 0.6) is 0 Å². The van der Waals surface area contributed by atoms with Crippen molar-refractivity contribution in [2.75, 3.05) is 6.54 Å². The van der Waals surface area contributed by atoms with E-state index in [9.17, 15) is 0 Å². The molecule has 0 spiro atoms. The number of ether oxygens (including phenoxy) is 1. The molecule has 1 rings (SSSR count). The summed E-state index contributed by atoms with van der Waals surface area (Å²) in [6.45, 7) is 17.0. The molecule has 0 radical (unpaired) electrons. The van der Waals surface area contributed by atoms with E-state index in [1.807, 2.05) is 0 Å². The van der Waals surface area contributed by atoms with Crippen molar-refractivity contribution < 1.29 is 4.74 Å². The Bertz CT molecular complexity index is 284. The maximum Gasteiger partial charge on any atom is 0.0810 e. The zero-order valence-corrected chi connectivity index (χ0v) is 15.6. The summed E-state index contributed by atoms with van der Waals surface area (Å²) in [5.74, 6) is 1.70. The average molecular weight is 298 g/mol. The Kier molecular flexibility index (Phi) is 7.19. The lowest BCUT2D eigenvalue weighted by Gasteiger charge is -2.44. The highest BCUT2D eigenvalue weighted by Crippen LogP contribution is 2.39. The summed E-state index contributed by atoms with van der Waals surface area (Å²) in [7, 11) is 0. The Morgan fingerprint density at radius 3 is 2.14 bits per heavy atom. The molecule has 0 aliphatic heterocycles. The van der Waals surface area contributed by atoms with E-state index in [-0.39, 0.29) is 11.1 Å². The molecule has 0 aromatic heterocycles. The zero-order valence-electron chi connectivity index (χ0n) is 15.6. The molecule has 21 heavy (non-hydrogen) atoms. The Morgan fingerprint density at radius 2 is 1.71 bits per heavy atom. The van der Waals surface area contributed by atoms with Gasteiger partial charge in [-0.05, 0) is 71.6 Å². The highest BCUT2D eigenvalue weighted by Gasteiger charge is 2.38. The van der Waals surface area contributed by atoms with Crippen LogP contribution in [0.1, 0.15) is 87.0 Å². The summed E-state index contributed by atoms with van der Waals surface area (Å²) in [6.07, 6.45) is 7.83. The third-order valence-corrected chi connectivity index (χ3v) is 4.97. The first-order valence-electron chi connectivity index (χ1n) is 9.10. The Balaban J connectivity index is 2.67. The van der Waals surface area contributed by atoms with Crippen molar-refractivity contribution >= 4 is 0 Å². The number of hydrogen-bond donors (Lipinski definition) is 1. The molecule has 1 unspecified atom stereocenters. The molecule has 126 valence electrons. The molecule has 0 amide bonds. The minimum Gasteiger partial charge on any atom is -0.371 e. The fraction of sp³-hybridized carbons (Fsp3) is 1.00. The molecule has 1 atom stereocenters. The summed E-state index contributed by atoms with van der Waals surface area (Å²) < 4.78 is 6.58. The van der Waals surface area contributed by atoms with Crippen LogP contribution in [0.2, 0.25) is 0 Å². The van der Waals surface area contributed by atoms with Crippen molar-refractivity contribution in [1.29, 1.82) is 0 Å². The normalized spacial score (nSPS) is 28.9. The number of nitrogens with one attached hydrogen (secondary N) is 1. The van der Waals surface area contributed by atoms with E-state index < -0.39 is 0 Å². The first-order chi connectivity index (χ1) is 9.67. The molecule has 0 bridgehead atoms. The van der Waals surface area contributed by atoms with Crippen LogP contribution in [0.25, 0.3) is 0 Å². The molecule has 0 heterocycles. The monoisotopic (exact) mass is 297 g/mol. The molecule has 1 saturated carbocycles. The van der Waals surface area contributed by atoms with E-state index in [4.69, 9.17) is 4.74 Å². The first-order valence-corrected chi connectivity index (χ1v) is 9.10. The second-order valence-corrected chi connectivity index (χ2v) is 8.59. The summed E-state index contributed by atoms with van der Waals surface area (Å²) in [4.78, 5) is 0. The minimum atomic E-state index is 0.0628. The van der Waals surface area contributed by atoms with Gasteiger partial charge < -0.3 is 10.1 Å². The Hall–Kier alpha value is -0.0800. The largest absolute Gasteiger partial charge is 0.371 e. The highest BCUT2D eigenvalue weighted by molar-refractivity contribution is 4.92. The first kappa shape index (κ1) is 19.0. The van der Waals surface area contributed by atoms with Crippen molar-refractivity contribution in [3.8, 4) is 0 Å². The number of hydrogen-bond acceptors (Lipinski definition) is 2. The van der Waals surface area contributed by atoms with E-state index in [0.29, 0.717) is 6.10 Å². The van der Waals surface area contributed by atoms with Gasteiger partial charge in [-0.25, -0.2) is 0 Å². The van der Waals surface area contributed by atoms with Gasteiger partial charge in [0.2, 0.25) is 0 Å². The average Bonchev–Trinajstić information content (AvgIpc) is 2.36. The van der Waals surface area contributed by atoms with Gasteiger partial charge in [0.05, 0.1) is 11.7 Å². The predicted octanol–water partition coefficient (Wildman–Crippen LogP) is 5.16. The van der Waals surface area contributed by atoms with Crippen molar-refractivity contribution in [3.63, 3.8) is 0 Å². The van der Waals surface area contributed by atoms with Crippen molar-refractivity contribution in [2.24, 2.45) is 11.8 Å². The third-order valence-electron chi connectivity index (χ3n) is 4.97. The SMILES string of the molecule is CCCC(C)OC1(CNC(C)(C)C)CCC(C(C)C)CC1. The van der Waals surface area contributed by atoms with E-state index in [0.717, 1.165) is 18.4 Å². The fourth-order valence-corrected chi connectivity index (χ4v) is 3.49. The molecular formula is C19H39NO. The van der Waals surface area contributed by atoms with Gasteiger partial charge in [-0.1, -0.05) is 27.2 Å². The Morgan fingerprint density at radius 1 is 1.14 bits per heavy atom. The van der Waals surface area contributed by atoms with Crippen LogP contribution >= 0.6 is 0 Å². The van der Waals surface area contributed by atoms with Gasteiger partial charge in [0.15, 0.2) is 0 Å². The smallest absolute Gasteiger partial charge is 0.0810 e. The lowest BCUT2D eigenvalue weighted by atomic mass is 9.74. The number of rotatable bonds is 7. The van der Waals surface area contributed by atoms with Crippen LogP contribution < -0.4 is 5.32 Å². The van der Waals surface area contributed by atoms with E-state index in [1.165, 1.54) is 38.5 Å². The van der Waals surface area contributed by atoms with Gasteiger partial charge in [0, 0.05) is 12.1 Å². The van der Waals surface area contributed by atoms with Crippen molar-refractivity contribution in [2.45, 2.75) is 104 Å². The van der Waals surface area contributed by atoms with Gasteiger partial charge in [-0.3, -0.25) is 0 Å². The van der Waals surface area contributed by atoms with Gasteiger partial charge in [0.25, 0.3) is 0 Å². The maximum atomic E-state index is 6.58. The fourth-order valence-electron chi connectivity index (χ4n) is 3.49. The third kappa shape index (κ3) is 6.69. The Labute approximate surface area is 133 Å². The minimum absolute atomic E-state index is 0.0628. The molecule has 1 fully saturated rings. The van der Waals surface area contributed by atoms with E-state index in [1.54, 1.807) is 0 Å². The summed E-state index contributed by atoms with van der Waals surface area (Å²) in [6, 6.07) is 0. The summed E-state index contributed by atoms with van der Waals surface area (Å²) in [5, 5.41) is 3.70. The molecule has 2 heteroatoms.